The lowest BCUT2D eigenvalue weighted by Crippen LogP contribution is -1.86. The molecule has 0 bridgehead atoms. The van der Waals surface area contributed by atoms with Gasteiger partial charge in [-0.15, -0.1) is 12.4 Å². The lowest BCUT2D eigenvalue weighted by molar-refractivity contribution is 0.206. The van der Waals surface area contributed by atoms with Gasteiger partial charge < -0.3 is 9.94 Å². The third-order valence-corrected chi connectivity index (χ3v) is 0. The van der Waals surface area contributed by atoms with E-state index in [2.05, 4.69) is 10.7 Å². The largest absolute Gasteiger partial charge is 0.397 e. The highest BCUT2D eigenvalue weighted by Gasteiger charge is 1.34. The van der Waals surface area contributed by atoms with Gasteiger partial charge in [-0.1, -0.05) is 0 Å². The van der Waals surface area contributed by atoms with E-state index in [0.29, 0.717) is 0 Å². The van der Waals surface area contributed by atoms with E-state index in [1.807, 2.05) is 0 Å². The van der Waals surface area contributed by atoms with E-state index < -0.39 is 0 Å². The fourth-order valence-electron chi connectivity index (χ4n) is 0. The van der Waals surface area contributed by atoms with Crippen molar-refractivity contribution in [3.8, 4) is 0 Å². The second-order valence-corrected chi connectivity index (χ2v) is 0.552. The average Bonchev–Trinajstić information content (AvgIpc) is 1.39. The summed E-state index contributed by atoms with van der Waals surface area (Å²) in [5.41, 5.74) is 0. The van der Waals surface area contributed by atoms with Crippen molar-refractivity contribution in [2.24, 2.45) is 5.90 Å². The zero-order valence-electron chi connectivity index (χ0n) is 4.55. The smallest absolute Gasteiger partial charge is 0.0569 e. The summed E-state index contributed by atoms with van der Waals surface area (Å²) in [6.45, 7) is 1.93. The van der Waals surface area contributed by atoms with Crippen LogP contribution in [0.25, 0.3) is 0 Å². The average molecular weight is 130 g/mol. The number of aliphatic hydroxyl groups is 1. The summed E-state index contributed by atoms with van der Waals surface area (Å²) in [5.74, 6) is 4.35. The SMILES string of the molecule is CCO.CON.Cl. The number of hydrogen-bond donors (Lipinski definition) is 2. The molecule has 4 heteroatoms. The standard InChI is InChI=1S/C2H6O.CH5NO.ClH/c1-2-3;1-3-2;/h3H,2H2,1H3;2H2,1H3;1H. The molecule has 3 nitrogen and oxygen atoms in total. The third-order valence-electron chi connectivity index (χ3n) is 0. The van der Waals surface area contributed by atoms with Gasteiger partial charge in [0.05, 0.1) is 7.11 Å². The van der Waals surface area contributed by atoms with Crippen molar-refractivity contribution >= 4 is 12.4 Å². The Hall–Kier alpha value is 0.170. The molecule has 0 saturated carbocycles. The number of halogens is 1. The van der Waals surface area contributed by atoms with Crippen molar-refractivity contribution in [2.45, 2.75) is 6.92 Å². The van der Waals surface area contributed by atoms with Crippen LogP contribution in [-0.4, -0.2) is 18.8 Å². The van der Waals surface area contributed by atoms with Crippen LogP contribution in [-0.2, 0) is 4.84 Å². The first-order chi connectivity index (χ1) is 2.83. The second kappa shape index (κ2) is 35.0. The van der Waals surface area contributed by atoms with Crippen LogP contribution < -0.4 is 5.90 Å². The molecule has 3 N–H and O–H groups in total. The summed E-state index contributed by atoms with van der Waals surface area (Å²) in [5, 5.41) is 7.57. The highest BCUT2D eigenvalue weighted by atomic mass is 35.5. The molecule has 0 aromatic rings. The van der Waals surface area contributed by atoms with Crippen LogP contribution in [0.15, 0.2) is 0 Å². The Morgan fingerprint density at radius 2 is 1.71 bits per heavy atom. The molecule has 0 amide bonds. The van der Waals surface area contributed by atoms with Crippen LogP contribution in [0.3, 0.4) is 0 Å². The zero-order chi connectivity index (χ0) is 5.41. The van der Waals surface area contributed by atoms with Crippen molar-refractivity contribution in [1.82, 2.24) is 0 Å². The molecule has 0 aromatic heterocycles. The van der Waals surface area contributed by atoms with Crippen molar-refractivity contribution in [1.29, 1.82) is 0 Å². The predicted molar refractivity (Wildman–Crippen MR) is 31.2 cm³/mol. The highest BCUT2D eigenvalue weighted by Crippen LogP contribution is 1.30. The molecule has 0 aliphatic heterocycles. The third kappa shape index (κ3) is 3710. The van der Waals surface area contributed by atoms with E-state index in [0.717, 1.165) is 0 Å². The lowest BCUT2D eigenvalue weighted by Gasteiger charge is -1.62. The second-order valence-electron chi connectivity index (χ2n) is 0.552. The number of nitrogens with two attached hydrogens (primary N) is 1. The van der Waals surface area contributed by atoms with E-state index in [1.165, 1.54) is 7.11 Å². The molecular weight excluding hydrogens is 117 g/mol. The quantitative estimate of drug-likeness (QED) is 0.450. The van der Waals surface area contributed by atoms with Gasteiger partial charge in [0.15, 0.2) is 0 Å². The molecule has 0 saturated heterocycles. The molecule has 0 unspecified atom stereocenters. The molecule has 0 aliphatic carbocycles. The van der Waals surface area contributed by atoms with Crippen LogP contribution in [0.5, 0.6) is 0 Å². The maximum absolute atomic E-state index is 7.57. The summed E-state index contributed by atoms with van der Waals surface area (Å²) in [6, 6.07) is 0. The summed E-state index contributed by atoms with van der Waals surface area (Å²) >= 11 is 0. The maximum atomic E-state index is 7.57. The maximum Gasteiger partial charge on any atom is 0.0569 e. The molecule has 48 valence electrons. The van der Waals surface area contributed by atoms with Crippen LogP contribution in [0.1, 0.15) is 6.92 Å². The summed E-state index contributed by atoms with van der Waals surface area (Å²) in [6.07, 6.45) is 0. The highest BCUT2D eigenvalue weighted by molar-refractivity contribution is 5.85. The Morgan fingerprint density at radius 3 is 1.71 bits per heavy atom. The molecule has 0 aromatic carbocycles. The summed E-state index contributed by atoms with van der Waals surface area (Å²) < 4.78 is 0. The van der Waals surface area contributed by atoms with Crippen LogP contribution in [0.2, 0.25) is 0 Å². The Balaban J connectivity index is -0.0000000400. The predicted octanol–water partition coefficient (Wildman–Crippen LogP) is -0.0731. The molecule has 0 atom stereocenters. The first-order valence-electron chi connectivity index (χ1n) is 1.67. The summed E-state index contributed by atoms with van der Waals surface area (Å²) in [7, 11) is 1.40. The minimum Gasteiger partial charge on any atom is -0.397 e. The van der Waals surface area contributed by atoms with Gasteiger partial charge in [0.1, 0.15) is 0 Å². The van der Waals surface area contributed by atoms with Crippen LogP contribution in [0, 0.1) is 0 Å². The van der Waals surface area contributed by atoms with Crippen molar-refractivity contribution in [3.05, 3.63) is 0 Å². The molecule has 0 heterocycles. The van der Waals surface area contributed by atoms with E-state index in [1.54, 1.807) is 6.92 Å². The zero-order valence-corrected chi connectivity index (χ0v) is 5.36. The van der Waals surface area contributed by atoms with E-state index in [9.17, 15) is 0 Å². The van der Waals surface area contributed by atoms with Gasteiger partial charge in [-0.05, 0) is 6.92 Å². The van der Waals surface area contributed by atoms with E-state index >= 15 is 0 Å². The Bertz CT molecular complexity index is 14.9. The monoisotopic (exact) mass is 129 g/mol. The lowest BCUT2D eigenvalue weighted by atomic mass is 10.9. The van der Waals surface area contributed by atoms with Crippen molar-refractivity contribution in [2.75, 3.05) is 13.7 Å². The number of rotatable bonds is 0. The first-order valence-corrected chi connectivity index (χ1v) is 1.67. The molecule has 0 spiro atoms. The van der Waals surface area contributed by atoms with Gasteiger partial charge in [-0.25, -0.2) is 5.90 Å². The van der Waals surface area contributed by atoms with Crippen molar-refractivity contribution in [3.63, 3.8) is 0 Å². The number of aliphatic hydroxyl groups excluding tert-OH is 1. The van der Waals surface area contributed by atoms with Gasteiger partial charge in [0, 0.05) is 6.61 Å². The fraction of sp³-hybridized carbons (Fsp3) is 1.00. The van der Waals surface area contributed by atoms with E-state index in [4.69, 9.17) is 5.11 Å². The van der Waals surface area contributed by atoms with Gasteiger partial charge in [-0.3, -0.25) is 0 Å². The molecule has 0 radical (unpaired) electrons. The molecule has 0 rings (SSSR count). The Labute approximate surface area is 49.8 Å². The summed E-state index contributed by atoms with van der Waals surface area (Å²) in [4.78, 5) is 3.75. The number of hydrogen-bond acceptors (Lipinski definition) is 3. The van der Waals surface area contributed by atoms with Crippen LogP contribution in [0.4, 0.5) is 0 Å². The van der Waals surface area contributed by atoms with Gasteiger partial charge in [0.2, 0.25) is 0 Å². The van der Waals surface area contributed by atoms with E-state index in [-0.39, 0.29) is 19.0 Å². The van der Waals surface area contributed by atoms with Crippen molar-refractivity contribution < 1.29 is 9.94 Å². The fourth-order valence-corrected chi connectivity index (χ4v) is 0. The Morgan fingerprint density at radius 1 is 1.71 bits per heavy atom. The first kappa shape index (κ1) is 15.7. The Kier molecular flexibility index (Phi) is 78.5. The van der Waals surface area contributed by atoms with Crippen LogP contribution >= 0.6 is 12.4 Å². The van der Waals surface area contributed by atoms with Gasteiger partial charge >= 0.3 is 0 Å². The molecular formula is C3H12ClNO2. The van der Waals surface area contributed by atoms with Gasteiger partial charge in [0.25, 0.3) is 0 Å². The molecule has 0 aliphatic rings. The normalized spacial score (nSPS) is 5.14. The molecule has 0 fully saturated rings. The van der Waals surface area contributed by atoms with Gasteiger partial charge in [-0.2, -0.15) is 0 Å². The minimum absolute atomic E-state index is 0. The topological polar surface area (TPSA) is 55.5 Å². The minimum atomic E-state index is 0. The molecule has 7 heavy (non-hydrogen) atoms.